The van der Waals surface area contributed by atoms with Gasteiger partial charge < -0.3 is 9.52 Å². The lowest BCUT2D eigenvalue weighted by atomic mass is 10.1. The molecule has 0 saturated heterocycles. The van der Waals surface area contributed by atoms with Gasteiger partial charge in [-0.3, -0.25) is 4.79 Å². The molecule has 0 radical (unpaired) electrons. The van der Waals surface area contributed by atoms with E-state index in [2.05, 4.69) is 10.3 Å². The van der Waals surface area contributed by atoms with E-state index in [1.807, 2.05) is 30.3 Å². The molecule has 23 heavy (non-hydrogen) atoms. The Hall–Kier alpha value is -3.22. The minimum atomic E-state index is -1.14. The van der Waals surface area contributed by atoms with Crippen LogP contribution in [0, 0.1) is 0 Å². The molecule has 0 atom stereocenters. The molecular weight excluding hydrogens is 298 g/mol. The van der Waals surface area contributed by atoms with Crippen LogP contribution in [0.15, 0.2) is 46.9 Å². The Labute approximate surface area is 131 Å². The molecule has 1 aromatic carbocycles. The summed E-state index contributed by atoms with van der Waals surface area (Å²) >= 11 is 0. The van der Waals surface area contributed by atoms with Crippen molar-refractivity contribution >= 4 is 11.8 Å². The van der Waals surface area contributed by atoms with Crippen LogP contribution in [0.5, 0.6) is 0 Å². The normalized spacial score (nSPS) is 10.7. The van der Waals surface area contributed by atoms with Crippen molar-refractivity contribution in [3.63, 3.8) is 0 Å². The lowest BCUT2D eigenvalue weighted by Crippen LogP contribution is -2.05. The number of carbonyl (C=O) groups excluding carboxylic acids is 1. The third-order valence-electron chi connectivity index (χ3n) is 3.29. The molecule has 0 aliphatic rings. The average molecular weight is 311 g/mol. The number of rotatable bonds is 5. The third-order valence-corrected chi connectivity index (χ3v) is 3.29. The number of benzene rings is 1. The molecular formula is C16H13N3O4. The zero-order valence-corrected chi connectivity index (χ0v) is 12.3. The number of Topliss-reactive ketones (excluding diaryl/α,β-unsaturated/α-hetero) is 1. The van der Waals surface area contributed by atoms with Gasteiger partial charge in [0.15, 0.2) is 11.5 Å². The maximum absolute atomic E-state index is 11.8. The number of carbonyl (C=O) groups is 2. The Kier molecular flexibility index (Phi) is 3.76. The molecule has 3 rings (SSSR count). The molecule has 116 valence electrons. The number of aromatic nitrogens is 3. The van der Waals surface area contributed by atoms with E-state index < -0.39 is 5.97 Å². The molecule has 0 amide bonds. The van der Waals surface area contributed by atoms with Crippen molar-refractivity contribution in [1.82, 2.24) is 15.0 Å². The van der Waals surface area contributed by atoms with Gasteiger partial charge >= 0.3 is 5.97 Å². The highest BCUT2D eigenvalue weighted by Crippen LogP contribution is 2.23. The summed E-state index contributed by atoms with van der Waals surface area (Å²) in [6.45, 7) is 1.61. The molecule has 0 bridgehead atoms. The van der Waals surface area contributed by atoms with Crippen molar-refractivity contribution in [2.24, 2.45) is 0 Å². The Morgan fingerprint density at radius 3 is 2.52 bits per heavy atom. The van der Waals surface area contributed by atoms with Gasteiger partial charge in [-0.1, -0.05) is 35.5 Å². The molecule has 1 N–H and O–H groups in total. The maximum atomic E-state index is 11.8. The van der Waals surface area contributed by atoms with Crippen molar-refractivity contribution in [2.75, 3.05) is 0 Å². The zero-order chi connectivity index (χ0) is 16.4. The van der Waals surface area contributed by atoms with Gasteiger partial charge in [-0.2, -0.15) is 0 Å². The van der Waals surface area contributed by atoms with Crippen molar-refractivity contribution in [2.45, 2.75) is 13.5 Å². The number of aromatic carboxylic acids is 1. The fourth-order valence-electron chi connectivity index (χ4n) is 2.27. The summed E-state index contributed by atoms with van der Waals surface area (Å²) in [7, 11) is 0. The summed E-state index contributed by atoms with van der Waals surface area (Å²) in [4.78, 5) is 22.7. The number of furan rings is 1. The highest BCUT2D eigenvalue weighted by atomic mass is 16.4. The second-order valence-corrected chi connectivity index (χ2v) is 4.94. The van der Waals surface area contributed by atoms with E-state index in [4.69, 9.17) is 9.52 Å². The Morgan fingerprint density at radius 2 is 1.91 bits per heavy atom. The van der Waals surface area contributed by atoms with E-state index in [1.165, 1.54) is 17.7 Å². The van der Waals surface area contributed by atoms with Gasteiger partial charge in [0, 0.05) is 12.5 Å². The monoisotopic (exact) mass is 311 g/mol. The number of hydrogen-bond acceptors (Lipinski definition) is 5. The molecule has 0 unspecified atom stereocenters. The largest absolute Gasteiger partial charge is 0.475 e. The van der Waals surface area contributed by atoms with Crippen LogP contribution in [0.25, 0.3) is 11.3 Å². The summed E-state index contributed by atoms with van der Waals surface area (Å²) in [6.07, 6.45) is 0. The van der Waals surface area contributed by atoms with Crippen LogP contribution in [0.3, 0.4) is 0 Å². The summed E-state index contributed by atoms with van der Waals surface area (Å²) in [5.74, 6) is -1.06. The van der Waals surface area contributed by atoms with Gasteiger partial charge in [0.25, 0.3) is 0 Å². The zero-order valence-electron chi connectivity index (χ0n) is 12.3. The first-order valence-electron chi connectivity index (χ1n) is 6.88. The molecule has 0 spiro atoms. The van der Waals surface area contributed by atoms with Crippen molar-refractivity contribution in [3.05, 3.63) is 59.7 Å². The number of carboxylic acid groups (broad SMARTS) is 1. The van der Waals surface area contributed by atoms with E-state index in [0.717, 1.165) is 5.56 Å². The Bertz CT molecular complexity index is 865. The minimum Gasteiger partial charge on any atom is -0.475 e. The average Bonchev–Trinajstić information content (AvgIpc) is 3.15. The third kappa shape index (κ3) is 2.89. The van der Waals surface area contributed by atoms with E-state index in [-0.39, 0.29) is 23.8 Å². The van der Waals surface area contributed by atoms with Crippen LogP contribution in [0.2, 0.25) is 0 Å². The Balaban J connectivity index is 2.02. The maximum Gasteiger partial charge on any atom is 0.371 e. The highest BCUT2D eigenvalue weighted by Gasteiger charge is 2.19. The Morgan fingerprint density at radius 1 is 1.17 bits per heavy atom. The highest BCUT2D eigenvalue weighted by molar-refractivity contribution is 5.97. The van der Waals surface area contributed by atoms with Crippen LogP contribution in [0.4, 0.5) is 0 Å². The van der Waals surface area contributed by atoms with Crippen LogP contribution < -0.4 is 0 Å². The topological polar surface area (TPSA) is 98.2 Å². The van der Waals surface area contributed by atoms with Gasteiger partial charge in [0.05, 0.1) is 0 Å². The quantitative estimate of drug-likeness (QED) is 0.727. The lowest BCUT2D eigenvalue weighted by Gasteiger charge is -2.06. The van der Waals surface area contributed by atoms with Gasteiger partial charge in [0.2, 0.25) is 5.76 Å². The molecule has 0 aliphatic carbocycles. The van der Waals surface area contributed by atoms with Gasteiger partial charge in [-0.25, -0.2) is 9.48 Å². The number of nitrogens with zero attached hydrogens (tertiary/aromatic N) is 3. The van der Waals surface area contributed by atoms with E-state index >= 15 is 0 Å². The molecule has 2 aromatic heterocycles. The fourth-order valence-corrected chi connectivity index (χ4v) is 2.27. The van der Waals surface area contributed by atoms with Crippen molar-refractivity contribution < 1.29 is 19.1 Å². The molecule has 0 aliphatic heterocycles. The van der Waals surface area contributed by atoms with E-state index in [9.17, 15) is 9.59 Å². The summed E-state index contributed by atoms with van der Waals surface area (Å²) in [6, 6.07) is 12.2. The predicted molar refractivity (Wildman–Crippen MR) is 80.2 cm³/mol. The first-order chi connectivity index (χ1) is 11.1. The fraction of sp³-hybridized carbons (Fsp3) is 0.125. The number of hydrogen-bond donors (Lipinski definition) is 1. The van der Waals surface area contributed by atoms with Gasteiger partial charge in [0.1, 0.15) is 18.0 Å². The molecule has 7 nitrogen and oxygen atoms in total. The van der Waals surface area contributed by atoms with Gasteiger partial charge in [-0.15, -0.1) is 5.10 Å². The summed E-state index contributed by atoms with van der Waals surface area (Å²) < 4.78 is 6.76. The van der Waals surface area contributed by atoms with Gasteiger partial charge in [-0.05, 0) is 12.1 Å². The van der Waals surface area contributed by atoms with Crippen molar-refractivity contribution in [3.8, 4) is 11.3 Å². The number of carboxylic acids is 1. The van der Waals surface area contributed by atoms with Crippen molar-refractivity contribution in [1.29, 1.82) is 0 Å². The first-order valence-corrected chi connectivity index (χ1v) is 6.88. The number of ketones is 1. The summed E-state index contributed by atoms with van der Waals surface area (Å²) in [5.41, 5.74) is 1.64. The summed E-state index contributed by atoms with van der Waals surface area (Å²) in [5, 5.41) is 16.8. The minimum absolute atomic E-state index is 0.145. The van der Waals surface area contributed by atoms with Crippen LogP contribution >= 0.6 is 0 Å². The van der Waals surface area contributed by atoms with E-state index in [0.29, 0.717) is 11.5 Å². The van der Waals surface area contributed by atoms with Crippen LogP contribution in [0.1, 0.15) is 33.7 Å². The molecule has 2 heterocycles. The molecule has 3 aromatic rings. The molecule has 0 fully saturated rings. The second-order valence-electron chi connectivity index (χ2n) is 4.94. The van der Waals surface area contributed by atoms with Crippen LogP contribution in [-0.4, -0.2) is 31.9 Å². The lowest BCUT2D eigenvalue weighted by molar-refractivity contribution is 0.0660. The molecule has 0 saturated carbocycles. The SMILES string of the molecule is CC(=O)c1nnn(Cc2ccc(C(=O)O)o2)c1-c1ccccc1. The first kappa shape index (κ1) is 14.7. The smallest absolute Gasteiger partial charge is 0.371 e. The van der Waals surface area contributed by atoms with E-state index in [1.54, 1.807) is 6.07 Å². The standard InChI is InChI=1S/C16H13N3O4/c1-10(20)14-15(11-5-3-2-4-6-11)19(18-17-14)9-12-7-8-13(23-12)16(21)22/h2-8H,9H2,1H3,(H,21,22). The van der Waals surface area contributed by atoms with Crippen LogP contribution in [-0.2, 0) is 6.54 Å². The molecule has 7 heteroatoms. The second kappa shape index (κ2) is 5.88. The predicted octanol–water partition coefficient (Wildman–Crippen LogP) is 2.49.